The van der Waals surface area contributed by atoms with Crippen molar-refractivity contribution in [3.63, 3.8) is 0 Å². The Morgan fingerprint density at radius 1 is 0.280 bits per heavy atom. The summed E-state index contributed by atoms with van der Waals surface area (Å²) in [5.74, 6) is 0. The lowest BCUT2D eigenvalue weighted by atomic mass is 9.93. The summed E-state index contributed by atoms with van der Waals surface area (Å²) in [4.78, 5) is 56.7. The summed E-state index contributed by atoms with van der Waals surface area (Å²) >= 11 is 0. The predicted molar refractivity (Wildman–Crippen MR) is 197 cm³/mol. The number of nitrogens with zero attached hydrogens (tertiary/aromatic N) is 4. The Morgan fingerprint density at radius 2 is 0.620 bits per heavy atom. The third-order valence-corrected chi connectivity index (χ3v) is 9.80. The second kappa shape index (κ2) is 10.2. The number of hydrogen-bond donors (Lipinski definition) is 0. The van der Waals surface area contributed by atoms with Gasteiger partial charge in [0.1, 0.15) is 0 Å². The molecule has 50 heavy (non-hydrogen) atoms. The van der Waals surface area contributed by atoms with Gasteiger partial charge in [0.05, 0.1) is 21.8 Å². The molecule has 0 aliphatic carbocycles. The van der Waals surface area contributed by atoms with Gasteiger partial charge in [0.25, 0.3) is 22.2 Å². The zero-order valence-corrected chi connectivity index (χ0v) is 26.3. The maximum absolute atomic E-state index is 14.3. The summed E-state index contributed by atoms with van der Waals surface area (Å²) in [6.45, 7) is 0. The number of rotatable bonds is 4. The van der Waals surface area contributed by atoms with Crippen LogP contribution in [0.3, 0.4) is 0 Å². The first kappa shape index (κ1) is 28.0. The van der Waals surface area contributed by atoms with E-state index in [1.54, 1.807) is 12.1 Å². The van der Waals surface area contributed by atoms with Crippen LogP contribution in [0.25, 0.3) is 77.3 Å². The molecular weight excluding hydrogens is 624 g/mol. The zero-order valence-electron chi connectivity index (χ0n) is 26.3. The Bertz CT molecular complexity index is 3010. The van der Waals surface area contributed by atoms with E-state index >= 15 is 0 Å². The number of benzene rings is 6. The first-order valence-electron chi connectivity index (χ1n) is 16.2. The van der Waals surface area contributed by atoms with Gasteiger partial charge in [-0.25, -0.2) is 9.03 Å². The molecule has 0 aliphatic heterocycles. The maximum Gasteiger partial charge on any atom is 0.289 e. The lowest BCUT2D eigenvalue weighted by Crippen LogP contribution is -2.28. The molecule has 0 amide bonds. The van der Waals surface area contributed by atoms with Crippen LogP contribution >= 0.6 is 0 Å². The Hall–Kier alpha value is -7.06. The maximum atomic E-state index is 14.3. The average Bonchev–Trinajstić information content (AvgIpc) is 3.85. The minimum atomic E-state index is -0.761. The van der Waals surface area contributed by atoms with Crippen molar-refractivity contribution in [2.45, 2.75) is 0 Å². The molecule has 0 unspecified atom stereocenters. The van der Waals surface area contributed by atoms with Crippen molar-refractivity contribution in [2.24, 2.45) is 0 Å². The molecule has 0 saturated heterocycles. The summed E-state index contributed by atoms with van der Waals surface area (Å²) in [7, 11) is 0. The molecule has 4 heterocycles. The molecule has 0 N–H and O–H groups in total. The minimum Gasteiger partial charge on any atom is -0.267 e. The molecule has 4 aromatic heterocycles. The highest BCUT2D eigenvalue weighted by atomic mass is 16.2. The Balaban J connectivity index is 1.32. The fourth-order valence-electron chi connectivity index (χ4n) is 7.70. The molecule has 10 aromatic rings. The van der Waals surface area contributed by atoms with Gasteiger partial charge in [-0.15, -0.1) is 0 Å². The van der Waals surface area contributed by atoms with E-state index < -0.39 is 22.2 Å². The minimum absolute atomic E-state index is 0.168. The fourth-order valence-corrected chi connectivity index (χ4v) is 7.70. The Kier molecular flexibility index (Phi) is 5.72. The lowest BCUT2D eigenvalue weighted by molar-refractivity contribution is 0.778. The van der Waals surface area contributed by atoms with Gasteiger partial charge in [-0.2, -0.15) is 9.03 Å². The van der Waals surface area contributed by atoms with Crippen LogP contribution in [0.2, 0.25) is 0 Å². The first-order chi connectivity index (χ1) is 24.5. The third-order valence-electron chi connectivity index (χ3n) is 9.80. The van der Waals surface area contributed by atoms with E-state index in [1.165, 1.54) is 9.03 Å². The number of aromatic nitrogens is 4. The third kappa shape index (κ3) is 3.59. The van der Waals surface area contributed by atoms with Gasteiger partial charge in [0, 0.05) is 0 Å². The SMILES string of the molecule is O=c1c2c(-c3ccccc3-c3ccccc3)cccc2n2c3c(c(=O)n12)c(=O)n1c(=O)c2c(-c4ccccc4-c4ccccc4)cccc2n31. The molecule has 8 nitrogen and oxygen atoms in total. The van der Waals surface area contributed by atoms with Crippen LogP contribution in [0, 0.1) is 0 Å². The summed E-state index contributed by atoms with van der Waals surface area (Å²) in [6, 6.07) is 46.4. The van der Waals surface area contributed by atoms with Crippen molar-refractivity contribution in [2.75, 3.05) is 0 Å². The molecule has 0 radical (unpaired) electrons. The highest BCUT2D eigenvalue weighted by Crippen LogP contribution is 2.37. The van der Waals surface area contributed by atoms with Crippen LogP contribution in [0.5, 0.6) is 0 Å². The first-order valence-corrected chi connectivity index (χ1v) is 16.2. The predicted octanol–water partition coefficient (Wildman–Crippen LogP) is 6.84. The standard InChI is InChI=1S/C42H24N4O4/c47-39-35-31(29-19-9-7-17-27(29)25-13-3-1-4-14-25)21-11-23-33(35)43-38-37(41(49)45(39)43)42(50)46-40(48)36-32(22-12-24-34(36)44(38)46)30-20-10-8-18-28(30)26-15-5-2-6-16-26/h1-24H. The normalized spacial score (nSPS) is 11.9. The molecule has 236 valence electrons. The van der Waals surface area contributed by atoms with Crippen LogP contribution < -0.4 is 22.2 Å². The average molecular weight is 649 g/mol. The van der Waals surface area contributed by atoms with E-state index in [1.807, 2.05) is 133 Å². The smallest absolute Gasteiger partial charge is 0.267 e. The van der Waals surface area contributed by atoms with Gasteiger partial charge in [-0.1, -0.05) is 133 Å². The van der Waals surface area contributed by atoms with Gasteiger partial charge < -0.3 is 0 Å². The molecular formula is C42H24N4O4. The van der Waals surface area contributed by atoms with Crippen molar-refractivity contribution in [1.29, 1.82) is 0 Å². The zero-order chi connectivity index (χ0) is 33.7. The largest absolute Gasteiger partial charge is 0.289 e. The van der Waals surface area contributed by atoms with Crippen molar-refractivity contribution in [3.05, 3.63) is 187 Å². The van der Waals surface area contributed by atoms with Crippen molar-refractivity contribution in [3.8, 4) is 44.5 Å². The molecule has 10 rings (SSSR count). The molecule has 0 saturated carbocycles. The van der Waals surface area contributed by atoms with E-state index in [0.717, 1.165) is 42.4 Å². The molecule has 0 fully saturated rings. The lowest BCUT2D eigenvalue weighted by Gasteiger charge is -2.11. The van der Waals surface area contributed by atoms with Crippen molar-refractivity contribution in [1.82, 2.24) is 18.1 Å². The summed E-state index contributed by atoms with van der Waals surface area (Å²) < 4.78 is 5.04. The van der Waals surface area contributed by atoms with Gasteiger partial charge >= 0.3 is 0 Å². The topological polar surface area (TPSA) is 85.9 Å². The molecule has 0 atom stereocenters. The number of fused-ring (bicyclic) bond motifs is 9. The van der Waals surface area contributed by atoms with Gasteiger partial charge in [-0.3, -0.25) is 19.2 Å². The molecule has 0 aliphatic rings. The van der Waals surface area contributed by atoms with E-state index in [-0.39, 0.29) is 11.0 Å². The molecule has 0 spiro atoms. The quantitative estimate of drug-likeness (QED) is 0.209. The highest BCUT2D eigenvalue weighted by molar-refractivity contribution is 6.02. The van der Waals surface area contributed by atoms with Crippen molar-refractivity contribution >= 4 is 32.8 Å². The van der Waals surface area contributed by atoms with Gasteiger partial charge in [0.15, 0.2) is 11.0 Å². The van der Waals surface area contributed by atoms with E-state index in [9.17, 15) is 19.2 Å². The van der Waals surface area contributed by atoms with Crippen LogP contribution in [0.15, 0.2) is 165 Å². The van der Waals surface area contributed by atoms with Crippen LogP contribution in [-0.4, -0.2) is 18.1 Å². The highest BCUT2D eigenvalue weighted by Gasteiger charge is 2.29. The second-order valence-electron chi connectivity index (χ2n) is 12.4. The molecule has 6 aromatic carbocycles. The van der Waals surface area contributed by atoms with Crippen LogP contribution in [0.1, 0.15) is 0 Å². The Morgan fingerprint density at radius 3 is 1.04 bits per heavy atom. The van der Waals surface area contributed by atoms with Gasteiger partial charge in [-0.05, 0) is 56.6 Å². The molecule has 8 heteroatoms. The molecule has 0 bridgehead atoms. The number of hydrogen-bond acceptors (Lipinski definition) is 4. The van der Waals surface area contributed by atoms with E-state index in [4.69, 9.17) is 0 Å². The second-order valence-corrected chi connectivity index (χ2v) is 12.4. The summed E-state index contributed by atoms with van der Waals surface area (Å²) in [5.41, 5.74) is 5.33. The van der Waals surface area contributed by atoms with Crippen molar-refractivity contribution < 1.29 is 0 Å². The monoisotopic (exact) mass is 648 g/mol. The van der Waals surface area contributed by atoms with Gasteiger partial charge in [0.2, 0.25) is 0 Å². The van der Waals surface area contributed by atoms with E-state index in [0.29, 0.717) is 32.9 Å². The fraction of sp³-hybridized carbons (Fsp3) is 0. The summed E-state index contributed by atoms with van der Waals surface area (Å²) in [6.07, 6.45) is 0. The van der Waals surface area contributed by atoms with Crippen LogP contribution in [0.4, 0.5) is 0 Å². The Labute approximate surface area is 281 Å². The van der Waals surface area contributed by atoms with E-state index in [2.05, 4.69) is 0 Å². The summed E-state index contributed by atoms with van der Waals surface area (Å²) in [5, 5.41) is 0.476. The van der Waals surface area contributed by atoms with Crippen LogP contribution in [-0.2, 0) is 0 Å².